The number of hydrogen-bond donors (Lipinski definition) is 2. The van der Waals surface area contributed by atoms with Gasteiger partial charge in [-0.1, -0.05) is 30.3 Å². The van der Waals surface area contributed by atoms with E-state index in [1.807, 2.05) is 13.1 Å². The first-order valence-corrected chi connectivity index (χ1v) is 9.69. The van der Waals surface area contributed by atoms with Gasteiger partial charge in [0.25, 0.3) is 0 Å². The summed E-state index contributed by atoms with van der Waals surface area (Å²) in [5, 5.41) is 7.04. The van der Waals surface area contributed by atoms with Crippen LogP contribution in [0.3, 0.4) is 0 Å². The fourth-order valence-corrected chi connectivity index (χ4v) is 3.79. The summed E-state index contributed by atoms with van der Waals surface area (Å²) < 4.78 is 11.2. The summed E-state index contributed by atoms with van der Waals surface area (Å²) in [6.07, 6.45) is 1.14. The lowest BCUT2D eigenvalue weighted by molar-refractivity contribution is 0.00246. The Hall–Kier alpha value is -0.900. The molecule has 2 fully saturated rings. The fourth-order valence-electron chi connectivity index (χ4n) is 3.79. The van der Waals surface area contributed by atoms with Crippen LogP contribution in [0.15, 0.2) is 35.3 Å². The van der Waals surface area contributed by atoms with Crippen molar-refractivity contribution < 1.29 is 9.47 Å². The van der Waals surface area contributed by atoms with Crippen LogP contribution in [0.25, 0.3) is 0 Å². The van der Waals surface area contributed by atoms with Crippen molar-refractivity contribution in [3.63, 3.8) is 0 Å². The Labute approximate surface area is 180 Å². The van der Waals surface area contributed by atoms with E-state index in [1.165, 1.54) is 5.56 Å². The van der Waals surface area contributed by atoms with Gasteiger partial charge in [-0.15, -0.1) is 24.0 Å². The van der Waals surface area contributed by atoms with Gasteiger partial charge in [0.1, 0.15) is 0 Å². The number of guanidine groups is 1. The van der Waals surface area contributed by atoms with E-state index in [-0.39, 0.29) is 30.0 Å². The summed E-state index contributed by atoms with van der Waals surface area (Å²) in [7, 11) is 1.83. The van der Waals surface area contributed by atoms with E-state index in [0.29, 0.717) is 12.0 Å². The molecule has 152 valence electrons. The van der Waals surface area contributed by atoms with Crippen LogP contribution in [0.1, 0.15) is 24.9 Å². The topological polar surface area (TPSA) is 58.1 Å². The second kappa shape index (κ2) is 11.8. The lowest BCUT2D eigenvalue weighted by Crippen LogP contribution is -2.53. The fraction of sp³-hybridized carbons (Fsp3) is 0.650. The van der Waals surface area contributed by atoms with Gasteiger partial charge in [0.05, 0.1) is 25.9 Å². The maximum Gasteiger partial charge on any atom is 0.191 e. The van der Waals surface area contributed by atoms with Gasteiger partial charge in [0, 0.05) is 45.2 Å². The van der Waals surface area contributed by atoms with Crippen LogP contribution in [0.4, 0.5) is 0 Å². The third-order valence-corrected chi connectivity index (χ3v) is 5.38. The smallest absolute Gasteiger partial charge is 0.191 e. The predicted octanol–water partition coefficient (Wildman–Crippen LogP) is 2.27. The highest BCUT2D eigenvalue weighted by atomic mass is 127. The van der Waals surface area contributed by atoms with Crippen LogP contribution in [0, 0.1) is 5.92 Å². The zero-order valence-electron chi connectivity index (χ0n) is 16.4. The maximum absolute atomic E-state index is 5.65. The molecule has 2 heterocycles. The van der Waals surface area contributed by atoms with Gasteiger partial charge in [-0.3, -0.25) is 9.89 Å². The average molecular weight is 488 g/mol. The standard InChI is InChI=1S/C20H32N4O2.HI/c1-16(17-6-4-3-5-7-17)23-20(21-2)22-14-19(18-8-11-26-15-18)24-9-12-25-13-10-24;/h3-7,16,18-19H,8-15H2,1-2H3,(H2,21,22,23);1H. The van der Waals surface area contributed by atoms with Gasteiger partial charge >= 0.3 is 0 Å². The molecular formula is C20H33IN4O2. The lowest BCUT2D eigenvalue weighted by atomic mass is 9.97. The molecule has 0 spiro atoms. The monoisotopic (exact) mass is 488 g/mol. The summed E-state index contributed by atoms with van der Waals surface area (Å²) in [6.45, 7) is 8.40. The van der Waals surface area contributed by atoms with Crippen molar-refractivity contribution in [3.8, 4) is 0 Å². The molecule has 27 heavy (non-hydrogen) atoms. The first-order valence-electron chi connectivity index (χ1n) is 9.69. The number of halogens is 1. The number of nitrogens with one attached hydrogen (secondary N) is 2. The Kier molecular flexibility index (Phi) is 9.81. The second-order valence-corrected chi connectivity index (χ2v) is 7.07. The number of benzene rings is 1. The van der Waals surface area contributed by atoms with Crippen molar-refractivity contribution in [2.24, 2.45) is 10.9 Å². The molecule has 7 heteroatoms. The molecule has 0 saturated carbocycles. The zero-order valence-corrected chi connectivity index (χ0v) is 18.7. The lowest BCUT2D eigenvalue weighted by Gasteiger charge is -2.37. The number of morpholine rings is 1. The van der Waals surface area contributed by atoms with Crippen LogP contribution < -0.4 is 10.6 Å². The summed E-state index contributed by atoms with van der Waals surface area (Å²) >= 11 is 0. The van der Waals surface area contributed by atoms with E-state index in [9.17, 15) is 0 Å². The van der Waals surface area contributed by atoms with Gasteiger partial charge in [0.2, 0.25) is 0 Å². The second-order valence-electron chi connectivity index (χ2n) is 7.07. The number of aliphatic imine (C=N–C) groups is 1. The highest BCUT2D eigenvalue weighted by Gasteiger charge is 2.31. The van der Waals surface area contributed by atoms with Gasteiger partial charge in [0.15, 0.2) is 5.96 Å². The minimum absolute atomic E-state index is 0. The van der Waals surface area contributed by atoms with E-state index in [1.54, 1.807) is 0 Å². The van der Waals surface area contributed by atoms with Crippen LogP contribution in [-0.4, -0.2) is 70.0 Å². The minimum atomic E-state index is 0. The highest BCUT2D eigenvalue weighted by Crippen LogP contribution is 2.22. The predicted molar refractivity (Wildman–Crippen MR) is 120 cm³/mol. The van der Waals surface area contributed by atoms with Crippen LogP contribution in [0.5, 0.6) is 0 Å². The largest absolute Gasteiger partial charge is 0.381 e. The summed E-state index contributed by atoms with van der Waals surface area (Å²) in [5.41, 5.74) is 1.25. The van der Waals surface area contributed by atoms with Crippen LogP contribution in [-0.2, 0) is 9.47 Å². The van der Waals surface area contributed by atoms with E-state index in [0.717, 1.165) is 58.4 Å². The summed E-state index contributed by atoms with van der Waals surface area (Å²) in [6, 6.07) is 11.1. The van der Waals surface area contributed by atoms with E-state index < -0.39 is 0 Å². The molecule has 2 N–H and O–H groups in total. The van der Waals surface area contributed by atoms with E-state index >= 15 is 0 Å². The molecule has 3 atom stereocenters. The number of hydrogen-bond acceptors (Lipinski definition) is 4. The molecule has 0 aliphatic carbocycles. The Morgan fingerprint density at radius 1 is 1.19 bits per heavy atom. The molecule has 1 aromatic carbocycles. The maximum atomic E-state index is 5.65. The van der Waals surface area contributed by atoms with E-state index in [2.05, 4.69) is 51.7 Å². The molecule has 2 aliphatic heterocycles. The number of nitrogens with zero attached hydrogens (tertiary/aromatic N) is 2. The summed E-state index contributed by atoms with van der Waals surface area (Å²) in [4.78, 5) is 6.96. The van der Waals surface area contributed by atoms with Crippen LogP contribution in [0.2, 0.25) is 0 Å². The summed E-state index contributed by atoms with van der Waals surface area (Å²) in [5.74, 6) is 1.42. The molecule has 0 bridgehead atoms. The van der Waals surface area contributed by atoms with E-state index in [4.69, 9.17) is 9.47 Å². The van der Waals surface area contributed by atoms with Gasteiger partial charge in [-0.05, 0) is 18.9 Å². The van der Waals surface area contributed by atoms with Crippen molar-refractivity contribution in [3.05, 3.63) is 35.9 Å². The first kappa shape index (κ1) is 22.4. The molecule has 0 amide bonds. The third-order valence-electron chi connectivity index (χ3n) is 5.38. The Bertz CT molecular complexity index is 560. The molecule has 3 unspecified atom stereocenters. The average Bonchev–Trinajstić information content (AvgIpc) is 3.23. The molecule has 3 rings (SSSR count). The van der Waals surface area contributed by atoms with Gasteiger partial charge in [-0.2, -0.15) is 0 Å². The SMILES string of the molecule is CN=C(NCC(C1CCOC1)N1CCOCC1)NC(C)c1ccccc1.I. The van der Waals surface area contributed by atoms with Crippen molar-refractivity contribution in [1.29, 1.82) is 0 Å². The molecule has 0 aromatic heterocycles. The van der Waals surface area contributed by atoms with Crippen molar-refractivity contribution in [2.75, 3.05) is 53.1 Å². The van der Waals surface area contributed by atoms with Crippen molar-refractivity contribution in [1.82, 2.24) is 15.5 Å². The van der Waals surface area contributed by atoms with Crippen LogP contribution >= 0.6 is 24.0 Å². The number of ether oxygens (including phenoxy) is 2. The molecule has 2 saturated heterocycles. The van der Waals surface area contributed by atoms with Gasteiger partial charge in [-0.25, -0.2) is 0 Å². The first-order chi connectivity index (χ1) is 12.8. The molecule has 2 aliphatic rings. The Balaban J connectivity index is 0.00000261. The Morgan fingerprint density at radius 2 is 1.93 bits per heavy atom. The van der Waals surface area contributed by atoms with Gasteiger partial charge < -0.3 is 20.1 Å². The quantitative estimate of drug-likeness (QED) is 0.366. The normalized spacial score (nSPS) is 23.3. The van der Waals surface area contributed by atoms with Crippen molar-refractivity contribution >= 4 is 29.9 Å². The molecule has 1 aromatic rings. The molecule has 6 nitrogen and oxygen atoms in total. The molecular weight excluding hydrogens is 455 g/mol. The minimum Gasteiger partial charge on any atom is -0.381 e. The highest BCUT2D eigenvalue weighted by molar-refractivity contribution is 14.0. The number of rotatable bonds is 6. The third kappa shape index (κ3) is 6.58. The molecule has 0 radical (unpaired) electrons. The Morgan fingerprint density at radius 3 is 2.56 bits per heavy atom. The zero-order chi connectivity index (χ0) is 18.2. The van der Waals surface area contributed by atoms with Crippen molar-refractivity contribution in [2.45, 2.75) is 25.4 Å².